The van der Waals surface area contributed by atoms with Crippen LogP contribution < -0.4 is 0 Å². The van der Waals surface area contributed by atoms with Crippen molar-refractivity contribution in [1.29, 1.82) is 0 Å². The molecule has 0 amide bonds. The molecule has 0 bridgehead atoms. The van der Waals surface area contributed by atoms with Gasteiger partial charge in [-0.25, -0.2) is 0 Å². The quantitative estimate of drug-likeness (QED) is 0.606. The Bertz CT molecular complexity index is 173. The molecule has 0 saturated carbocycles. The minimum atomic E-state index is -0.375. The second-order valence-corrected chi connectivity index (χ2v) is 3.95. The number of allylic oxidation sites excluding steroid dienone is 1. The van der Waals surface area contributed by atoms with Crippen LogP contribution >= 0.6 is 0 Å². The van der Waals surface area contributed by atoms with Crippen LogP contribution in [0.5, 0.6) is 0 Å². The van der Waals surface area contributed by atoms with Gasteiger partial charge in [0.15, 0.2) is 5.79 Å². The summed E-state index contributed by atoms with van der Waals surface area (Å²) in [7, 11) is 0. The zero-order chi connectivity index (χ0) is 9.19. The SMILES string of the molecule is C=C(C)CC[C@H]1COC(C)(C)O1. The van der Waals surface area contributed by atoms with Crippen LogP contribution in [-0.4, -0.2) is 18.5 Å². The molecule has 2 heteroatoms. The van der Waals surface area contributed by atoms with Crippen LogP contribution in [0.25, 0.3) is 0 Å². The second kappa shape index (κ2) is 3.58. The molecule has 1 fully saturated rings. The molecule has 12 heavy (non-hydrogen) atoms. The Morgan fingerprint density at radius 1 is 1.58 bits per heavy atom. The monoisotopic (exact) mass is 170 g/mol. The molecule has 1 heterocycles. The summed E-state index contributed by atoms with van der Waals surface area (Å²) >= 11 is 0. The van der Waals surface area contributed by atoms with E-state index in [1.165, 1.54) is 5.57 Å². The van der Waals surface area contributed by atoms with Gasteiger partial charge in [-0.2, -0.15) is 0 Å². The highest BCUT2D eigenvalue weighted by Crippen LogP contribution is 2.25. The molecule has 1 rings (SSSR count). The predicted octanol–water partition coefficient (Wildman–Crippen LogP) is 2.49. The Labute approximate surface area is 74.6 Å². The van der Waals surface area contributed by atoms with E-state index in [-0.39, 0.29) is 11.9 Å². The van der Waals surface area contributed by atoms with Crippen molar-refractivity contribution in [3.63, 3.8) is 0 Å². The van der Waals surface area contributed by atoms with E-state index in [1.54, 1.807) is 0 Å². The summed E-state index contributed by atoms with van der Waals surface area (Å²) in [6, 6.07) is 0. The molecule has 70 valence electrons. The standard InChI is InChI=1S/C10H18O2/c1-8(2)5-6-9-7-11-10(3,4)12-9/h9H,1,5-7H2,2-4H3/t9-/m0/s1. The van der Waals surface area contributed by atoms with Crippen LogP contribution in [0.2, 0.25) is 0 Å². The van der Waals surface area contributed by atoms with Gasteiger partial charge in [-0.05, 0) is 33.6 Å². The minimum absolute atomic E-state index is 0.261. The Balaban J connectivity index is 2.24. The Morgan fingerprint density at radius 3 is 2.67 bits per heavy atom. The molecule has 0 unspecified atom stereocenters. The molecule has 0 spiro atoms. The van der Waals surface area contributed by atoms with Gasteiger partial charge in [0.2, 0.25) is 0 Å². The highest BCUT2D eigenvalue weighted by atomic mass is 16.7. The second-order valence-electron chi connectivity index (χ2n) is 3.95. The summed E-state index contributed by atoms with van der Waals surface area (Å²) in [6.07, 6.45) is 2.32. The first-order chi connectivity index (χ1) is 5.49. The van der Waals surface area contributed by atoms with Crippen molar-refractivity contribution in [2.75, 3.05) is 6.61 Å². The maximum absolute atomic E-state index is 5.64. The van der Waals surface area contributed by atoms with E-state index in [0.717, 1.165) is 19.4 Å². The van der Waals surface area contributed by atoms with Crippen LogP contribution in [0.4, 0.5) is 0 Å². The van der Waals surface area contributed by atoms with Gasteiger partial charge >= 0.3 is 0 Å². The molecule has 0 N–H and O–H groups in total. The van der Waals surface area contributed by atoms with Crippen LogP contribution in [0.3, 0.4) is 0 Å². The Kier molecular flexibility index (Phi) is 2.91. The van der Waals surface area contributed by atoms with Crippen LogP contribution in [0.15, 0.2) is 12.2 Å². The van der Waals surface area contributed by atoms with Gasteiger partial charge in [-0.3, -0.25) is 0 Å². The lowest BCUT2D eigenvalue weighted by Gasteiger charge is -2.16. The van der Waals surface area contributed by atoms with Crippen LogP contribution in [0.1, 0.15) is 33.6 Å². The van der Waals surface area contributed by atoms with Gasteiger partial charge in [0.05, 0.1) is 12.7 Å². The fourth-order valence-corrected chi connectivity index (χ4v) is 1.31. The molecular weight excluding hydrogens is 152 g/mol. The molecule has 1 aliphatic heterocycles. The molecule has 2 nitrogen and oxygen atoms in total. The largest absolute Gasteiger partial charge is 0.348 e. The van der Waals surface area contributed by atoms with Crippen molar-refractivity contribution in [1.82, 2.24) is 0 Å². The summed E-state index contributed by atoms with van der Waals surface area (Å²) in [6.45, 7) is 10.5. The Morgan fingerprint density at radius 2 is 2.25 bits per heavy atom. The molecule has 1 atom stereocenters. The molecule has 1 saturated heterocycles. The number of hydrogen-bond acceptors (Lipinski definition) is 2. The molecule has 0 aliphatic carbocycles. The predicted molar refractivity (Wildman–Crippen MR) is 49.0 cm³/mol. The van der Waals surface area contributed by atoms with Gasteiger partial charge in [0.1, 0.15) is 0 Å². The molecular formula is C10H18O2. The third-order valence-corrected chi connectivity index (χ3v) is 1.96. The molecule has 0 radical (unpaired) electrons. The van der Waals surface area contributed by atoms with E-state index in [4.69, 9.17) is 9.47 Å². The van der Waals surface area contributed by atoms with Crippen molar-refractivity contribution in [3.05, 3.63) is 12.2 Å². The molecule has 0 aromatic heterocycles. The zero-order valence-electron chi connectivity index (χ0n) is 8.22. The Hall–Kier alpha value is -0.340. The highest BCUT2D eigenvalue weighted by molar-refractivity contribution is 4.89. The summed E-state index contributed by atoms with van der Waals surface area (Å²) < 4.78 is 11.1. The highest BCUT2D eigenvalue weighted by Gasteiger charge is 2.31. The lowest BCUT2D eigenvalue weighted by atomic mass is 10.1. The van der Waals surface area contributed by atoms with Gasteiger partial charge in [-0.15, -0.1) is 6.58 Å². The minimum Gasteiger partial charge on any atom is -0.348 e. The van der Waals surface area contributed by atoms with E-state index < -0.39 is 0 Å². The molecule has 1 aliphatic rings. The van der Waals surface area contributed by atoms with Crippen LogP contribution in [0, 0.1) is 0 Å². The molecule has 0 aromatic rings. The van der Waals surface area contributed by atoms with Gasteiger partial charge in [-0.1, -0.05) is 5.57 Å². The van der Waals surface area contributed by atoms with Crippen molar-refractivity contribution in [3.8, 4) is 0 Å². The lowest BCUT2D eigenvalue weighted by molar-refractivity contribution is -0.138. The first-order valence-electron chi connectivity index (χ1n) is 4.46. The first-order valence-corrected chi connectivity index (χ1v) is 4.46. The molecule has 0 aromatic carbocycles. The van der Waals surface area contributed by atoms with Gasteiger partial charge < -0.3 is 9.47 Å². The van der Waals surface area contributed by atoms with Crippen LogP contribution in [-0.2, 0) is 9.47 Å². The number of rotatable bonds is 3. The van der Waals surface area contributed by atoms with Crippen molar-refractivity contribution >= 4 is 0 Å². The van der Waals surface area contributed by atoms with E-state index in [1.807, 2.05) is 20.8 Å². The van der Waals surface area contributed by atoms with E-state index in [9.17, 15) is 0 Å². The fraction of sp³-hybridized carbons (Fsp3) is 0.800. The third kappa shape index (κ3) is 2.95. The lowest BCUT2D eigenvalue weighted by Crippen LogP contribution is -2.21. The topological polar surface area (TPSA) is 18.5 Å². The van der Waals surface area contributed by atoms with E-state index in [0.29, 0.717) is 0 Å². The maximum Gasteiger partial charge on any atom is 0.163 e. The average Bonchev–Trinajstić information content (AvgIpc) is 2.26. The average molecular weight is 170 g/mol. The summed E-state index contributed by atoms with van der Waals surface area (Å²) in [5.41, 5.74) is 1.21. The maximum atomic E-state index is 5.64. The van der Waals surface area contributed by atoms with E-state index >= 15 is 0 Å². The van der Waals surface area contributed by atoms with Crippen molar-refractivity contribution in [2.45, 2.75) is 45.5 Å². The zero-order valence-corrected chi connectivity index (χ0v) is 8.22. The van der Waals surface area contributed by atoms with Gasteiger partial charge in [0, 0.05) is 0 Å². The van der Waals surface area contributed by atoms with Crippen molar-refractivity contribution in [2.24, 2.45) is 0 Å². The third-order valence-electron chi connectivity index (χ3n) is 1.96. The first kappa shape index (κ1) is 9.75. The smallest absolute Gasteiger partial charge is 0.163 e. The summed E-state index contributed by atoms with van der Waals surface area (Å²) in [4.78, 5) is 0. The van der Waals surface area contributed by atoms with Gasteiger partial charge in [0.25, 0.3) is 0 Å². The van der Waals surface area contributed by atoms with E-state index in [2.05, 4.69) is 6.58 Å². The van der Waals surface area contributed by atoms with Crippen molar-refractivity contribution < 1.29 is 9.47 Å². The summed E-state index contributed by atoms with van der Waals surface area (Å²) in [5, 5.41) is 0. The number of ether oxygens (including phenoxy) is 2. The summed E-state index contributed by atoms with van der Waals surface area (Å²) in [5.74, 6) is -0.375. The fourth-order valence-electron chi connectivity index (χ4n) is 1.31. The normalized spacial score (nSPS) is 27.4. The number of hydrogen-bond donors (Lipinski definition) is 0.